The highest BCUT2D eigenvalue weighted by Crippen LogP contribution is 2.10. The van der Waals surface area contributed by atoms with E-state index in [1.807, 2.05) is 0 Å². The van der Waals surface area contributed by atoms with E-state index in [0.717, 1.165) is 0 Å². The van der Waals surface area contributed by atoms with E-state index in [-0.39, 0.29) is 5.56 Å². The number of primary amides is 1. The molecule has 0 atom stereocenters. The van der Waals surface area contributed by atoms with E-state index in [2.05, 4.69) is 15.3 Å². The summed E-state index contributed by atoms with van der Waals surface area (Å²) < 4.78 is 0. The second-order valence-electron chi connectivity index (χ2n) is 3.83. The molecule has 82 valence electrons. The Morgan fingerprint density at radius 1 is 1.60 bits per heavy atom. The van der Waals surface area contributed by atoms with Crippen LogP contribution >= 0.6 is 0 Å². The predicted molar refractivity (Wildman–Crippen MR) is 56.5 cm³/mol. The summed E-state index contributed by atoms with van der Waals surface area (Å²) in [5, 5.41) is 2.79. The summed E-state index contributed by atoms with van der Waals surface area (Å²) in [7, 11) is 0. The van der Waals surface area contributed by atoms with Crippen LogP contribution in [0.3, 0.4) is 0 Å². The molecule has 0 fully saturated rings. The van der Waals surface area contributed by atoms with Gasteiger partial charge in [0, 0.05) is 6.07 Å². The van der Waals surface area contributed by atoms with Gasteiger partial charge in [-0.2, -0.15) is 0 Å². The molecule has 0 aliphatic rings. The zero-order valence-corrected chi connectivity index (χ0v) is 8.92. The maximum Gasteiger partial charge on any atom is 0.252 e. The summed E-state index contributed by atoms with van der Waals surface area (Å²) in [6.07, 6.45) is 0. The van der Waals surface area contributed by atoms with Crippen LogP contribution in [0.5, 0.6) is 0 Å². The normalized spacial score (nSPS) is 11.1. The lowest BCUT2D eigenvalue weighted by atomic mass is 10.1. The third-order valence-corrected chi connectivity index (χ3v) is 1.92. The molecule has 0 radical (unpaired) electrons. The zero-order chi connectivity index (χ0) is 11.6. The van der Waals surface area contributed by atoms with Gasteiger partial charge in [0.25, 0.3) is 5.56 Å². The van der Waals surface area contributed by atoms with Gasteiger partial charge in [-0.3, -0.25) is 9.59 Å². The quantitative estimate of drug-likeness (QED) is 0.640. The molecule has 0 aromatic carbocycles. The first-order valence-corrected chi connectivity index (χ1v) is 4.47. The molecule has 0 aliphatic heterocycles. The highest BCUT2D eigenvalue weighted by molar-refractivity contribution is 5.86. The van der Waals surface area contributed by atoms with Gasteiger partial charge in [0.1, 0.15) is 17.2 Å². The average Bonchev–Trinajstić information content (AvgIpc) is 1.99. The summed E-state index contributed by atoms with van der Waals surface area (Å²) in [5.41, 5.74) is 3.97. The van der Waals surface area contributed by atoms with Crippen molar-refractivity contribution in [1.29, 1.82) is 0 Å². The van der Waals surface area contributed by atoms with E-state index in [1.165, 1.54) is 6.07 Å². The minimum Gasteiger partial charge on any atom is -0.368 e. The number of nitrogens with one attached hydrogen (secondary N) is 2. The molecule has 15 heavy (non-hydrogen) atoms. The summed E-state index contributed by atoms with van der Waals surface area (Å²) in [6, 6.07) is 1.28. The molecule has 0 spiro atoms. The van der Waals surface area contributed by atoms with Gasteiger partial charge in [-0.25, -0.2) is 4.98 Å². The van der Waals surface area contributed by atoms with Crippen LogP contribution in [0, 0.1) is 6.92 Å². The van der Waals surface area contributed by atoms with Crippen LogP contribution in [-0.4, -0.2) is 21.4 Å². The summed E-state index contributed by atoms with van der Waals surface area (Å²) >= 11 is 0. The molecule has 0 saturated carbocycles. The van der Waals surface area contributed by atoms with Gasteiger partial charge in [-0.05, 0) is 20.8 Å². The predicted octanol–water partition coefficient (Wildman–Crippen LogP) is -0.246. The smallest absolute Gasteiger partial charge is 0.252 e. The highest BCUT2D eigenvalue weighted by Gasteiger charge is 2.24. The van der Waals surface area contributed by atoms with Crippen LogP contribution in [0.15, 0.2) is 10.9 Å². The molecule has 0 aliphatic carbocycles. The van der Waals surface area contributed by atoms with E-state index in [4.69, 9.17) is 5.73 Å². The first-order valence-electron chi connectivity index (χ1n) is 4.47. The average molecular weight is 210 g/mol. The minimum absolute atomic E-state index is 0.273. The van der Waals surface area contributed by atoms with Crippen LogP contribution in [-0.2, 0) is 4.79 Å². The van der Waals surface area contributed by atoms with Crippen molar-refractivity contribution >= 4 is 11.7 Å². The number of aryl methyl sites for hydroxylation is 1. The lowest BCUT2D eigenvalue weighted by Gasteiger charge is -2.22. The van der Waals surface area contributed by atoms with Gasteiger partial charge in [0.2, 0.25) is 5.91 Å². The molecule has 1 rings (SSSR count). The number of H-pyrrole nitrogens is 1. The Labute approximate surface area is 86.9 Å². The maximum atomic E-state index is 11.1. The lowest BCUT2D eigenvalue weighted by Crippen LogP contribution is -2.45. The summed E-state index contributed by atoms with van der Waals surface area (Å²) in [4.78, 5) is 28.7. The van der Waals surface area contributed by atoms with Crippen LogP contribution in [0.4, 0.5) is 5.82 Å². The molecule has 0 saturated heterocycles. The molecular weight excluding hydrogens is 196 g/mol. The van der Waals surface area contributed by atoms with Crippen LogP contribution in [0.2, 0.25) is 0 Å². The molecule has 1 aromatic rings. The van der Waals surface area contributed by atoms with E-state index in [0.29, 0.717) is 11.6 Å². The number of aromatic amines is 1. The molecule has 6 heteroatoms. The standard InChI is InChI=1S/C9H14N4O2/c1-5-11-6(4-7(14)12-5)13-9(2,3)8(10)15/h4H,1-3H3,(H2,10,15)(H2,11,12,13,14). The van der Waals surface area contributed by atoms with Crippen LogP contribution < -0.4 is 16.6 Å². The second-order valence-corrected chi connectivity index (χ2v) is 3.83. The Morgan fingerprint density at radius 3 is 2.67 bits per heavy atom. The van der Waals surface area contributed by atoms with Crippen molar-refractivity contribution in [3.63, 3.8) is 0 Å². The zero-order valence-electron chi connectivity index (χ0n) is 8.92. The minimum atomic E-state index is -0.937. The number of anilines is 1. The highest BCUT2D eigenvalue weighted by atomic mass is 16.1. The molecule has 1 aromatic heterocycles. The molecule has 6 nitrogen and oxygen atoms in total. The summed E-state index contributed by atoms with van der Waals surface area (Å²) in [5.74, 6) is 0.299. The van der Waals surface area contributed by atoms with Gasteiger partial charge in [0.05, 0.1) is 0 Å². The number of hydrogen-bond acceptors (Lipinski definition) is 4. The van der Waals surface area contributed by atoms with E-state index < -0.39 is 11.4 Å². The van der Waals surface area contributed by atoms with Gasteiger partial charge >= 0.3 is 0 Å². The Morgan fingerprint density at radius 2 is 2.20 bits per heavy atom. The van der Waals surface area contributed by atoms with Crippen molar-refractivity contribution in [3.8, 4) is 0 Å². The number of nitrogens with two attached hydrogens (primary N) is 1. The number of carbonyl (C=O) groups is 1. The van der Waals surface area contributed by atoms with Crippen molar-refractivity contribution in [2.24, 2.45) is 5.73 Å². The molecule has 0 unspecified atom stereocenters. The van der Waals surface area contributed by atoms with Gasteiger partial charge in [-0.15, -0.1) is 0 Å². The Kier molecular flexibility index (Phi) is 2.78. The fourth-order valence-corrected chi connectivity index (χ4v) is 1.03. The largest absolute Gasteiger partial charge is 0.368 e. The molecular formula is C9H14N4O2. The first kappa shape index (κ1) is 11.2. The summed E-state index contributed by atoms with van der Waals surface area (Å²) in [6.45, 7) is 4.89. The van der Waals surface area contributed by atoms with Crippen molar-refractivity contribution in [3.05, 3.63) is 22.2 Å². The second kappa shape index (κ2) is 3.72. The number of hydrogen-bond donors (Lipinski definition) is 3. The van der Waals surface area contributed by atoms with Gasteiger partial charge in [-0.1, -0.05) is 0 Å². The molecule has 1 heterocycles. The van der Waals surface area contributed by atoms with Crippen LogP contribution in [0.25, 0.3) is 0 Å². The number of rotatable bonds is 3. The Hall–Kier alpha value is -1.85. The van der Waals surface area contributed by atoms with Gasteiger partial charge < -0.3 is 16.0 Å². The van der Waals surface area contributed by atoms with E-state index >= 15 is 0 Å². The molecule has 0 bridgehead atoms. The maximum absolute atomic E-state index is 11.1. The van der Waals surface area contributed by atoms with Crippen molar-refractivity contribution in [2.45, 2.75) is 26.3 Å². The number of carbonyl (C=O) groups excluding carboxylic acids is 1. The third-order valence-electron chi connectivity index (χ3n) is 1.92. The Balaban J connectivity index is 2.99. The van der Waals surface area contributed by atoms with Crippen molar-refractivity contribution in [1.82, 2.24) is 9.97 Å². The van der Waals surface area contributed by atoms with Gasteiger partial charge in [0.15, 0.2) is 0 Å². The SMILES string of the molecule is Cc1nc(NC(C)(C)C(N)=O)cc(=O)[nH]1. The lowest BCUT2D eigenvalue weighted by molar-refractivity contribution is -0.121. The van der Waals surface area contributed by atoms with E-state index in [9.17, 15) is 9.59 Å². The molecule has 1 amide bonds. The number of nitrogens with zero attached hydrogens (tertiary/aromatic N) is 1. The third kappa shape index (κ3) is 2.80. The fourth-order valence-electron chi connectivity index (χ4n) is 1.03. The van der Waals surface area contributed by atoms with Crippen molar-refractivity contribution in [2.75, 3.05) is 5.32 Å². The van der Waals surface area contributed by atoms with Crippen molar-refractivity contribution < 1.29 is 4.79 Å². The first-order chi connectivity index (χ1) is 6.81. The van der Waals surface area contributed by atoms with E-state index in [1.54, 1.807) is 20.8 Å². The number of amides is 1. The Bertz CT molecular complexity index is 436. The monoisotopic (exact) mass is 210 g/mol. The van der Waals surface area contributed by atoms with Crippen LogP contribution in [0.1, 0.15) is 19.7 Å². The topological polar surface area (TPSA) is 101 Å². The fraction of sp³-hybridized carbons (Fsp3) is 0.444. The number of aromatic nitrogens is 2. The molecule has 4 N–H and O–H groups in total.